The second-order valence-electron chi connectivity index (χ2n) is 7.70. The van der Waals surface area contributed by atoms with Crippen LogP contribution in [0.3, 0.4) is 0 Å². The maximum atomic E-state index is 15.5. The Kier molecular flexibility index (Phi) is 5.83. The van der Waals surface area contributed by atoms with Crippen LogP contribution in [0.15, 0.2) is 66.7 Å². The molecule has 0 amide bonds. The van der Waals surface area contributed by atoms with Gasteiger partial charge in [0.15, 0.2) is 0 Å². The largest absolute Gasteiger partial charge is 0.205 e. The van der Waals surface area contributed by atoms with Gasteiger partial charge in [0.1, 0.15) is 5.82 Å². The zero-order valence-corrected chi connectivity index (χ0v) is 17.4. The summed E-state index contributed by atoms with van der Waals surface area (Å²) in [5, 5.41) is 0. The maximum Gasteiger partial charge on any atom is 0.147 e. The van der Waals surface area contributed by atoms with Gasteiger partial charge in [-0.15, -0.1) is 0 Å². The van der Waals surface area contributed by atoms with Gasteiger partial charge in [-0.1, -0.05) is 65.2 Å². The van der Waals surface area contributed by atoms with Crippen molar-refractivity contribution in [3.05, 3.63) is 112 Å². The fourth-order valence-corrected chi connectivity index (χ4v) is 3.54. The molecule has 1 aliphatic carbocycles. The van der Waals surface area contributed by atoms with Crippen molar-refractivity contribution < 1.29 is 4.39 Å². The standard InChI is InChI=1S/C29H23F/c1-21-7-11-23(12-8-21)15-17-26-19-20-27(18-16-24-13-9-22(2)10-14-24)29(30)28(26)25-5-3-4-6-25/h5,7-14,19-20H,3-4,6H2,1-2H3. The van der Waals surface area contributed by atoms with Crippen LogP contribution in [0.2, 0.25) is 0 Å². The molecule has 3 aromatic rings. The molecular formula is C29H23F. The predicted molar refractivity (Wildman–Crippen MR) is 123 cm³/mol. The summed E-state index contributed by atoms with van der Waals surface area (Å²) in [6.07, 6.45) is 5.05. The summed E-state index contributed by atoms with van der Waals surface area (Å²) in [6.45, 7) is 4.09. The van der Waals surface area contributed by atoms with Gasteiger partial charge in [0.05, 0.1) is 5.56 Å². The summed E-state index contributed by atoms with van der Waals surface area (Å²) < 4.78 is 15.5. The molecule has 0 fully saturated rings. The van der Waals surface area contributed by atoms with Crippen LogP contribution in [0, 0.1) is 43.3 Å². The zero-order chi connectivity index (χ0) is 20.9. The fraction of sp³-hybridized carbons (Fsp3) is 0.172. The molecule has 1 aliphatic rings. The molecule has 0 atom stereocenters. The summed E-state index contributed by atoms with van der Waals surface area (Å²) in [6, 6.07) is 19.7. The van der Waals surface area contributed by atoms with Crippen molar-refractivity contribution in [2.24, 2.45) is 0 Å². The summed E-state index contributed by atoms with van der Waals surface area (Å²) in [5.74, 6) is 12.2. The number of halogens is 1. The molecule has 0 N–H and O–H groups in total. The molecule has 146 valence electrons. The minimum absolute atomic E-state index is 0.265. The summed E-state index contributed by atoms with van der Waals surface area (Å²) in [7, 11) is 0. The Morgan fingerprint density at radius 3 is 1.73 bits per heavy atom. The Hall–Kier alpha value is -3.55. The first-order valence-electron chi connectivity index (χ1n) is 10.3. The molecule has 4 rings (SSSR count). The van der Waals surface area contributed by atoms with Crippen molar-refractivity contribution in [2.75, 3.05) is 0 Å². The monoisotopic (exact) mass is 390 g/mol. The van der Waals surface area contributed by atoms with Crippen LogP contribution >= 0.6 is 0 Å². The quantitative estimate of drug-likeness (QED) is 0.400. The highest BCUT2D eigenvalue weighted by Gasteiger charge is 2.18. The van der Waals surface area contributed by atoms with E-state index in [1.54, 1.807) is 6.07 Å². The van der Waals surface area contributed by atoms with E-state index in [-0.39, 0.29) is 5.82 Å². The average molecular weight is 391 g/mol. The number of benzene rings is 3. The summed E-state index contributed by atoms with van der Waals surface area (Å²) in [4.78, 5) is 0. The van der Waals surface area contributed by atoms with Crippen molar-refractivity contribution in [1.82, 2.24) is 0 Å². The Bertz CT molecular complexity index is 1220. The molecule has 0 aliphatic heterocycles. The maximum absolute atomic E-state index is 15.5. The van der Waals surface area contributed by atoms with E-state index in [0.717, 1.165) is 41.5 Å². The van der Waals surface area contributed by atoms with Gasteiger partial charge >= 0.3 is 0 Å². The third-order valence-electron chi connectivity index (χ3n) is 5.29. The molecule has 3 aromatic carbocycles. The normalized spacial score (nSPS) is 12.4. The van der Waals surface area contributed by atoms with Crippen LogP contribution in [0.4, 0.5) is 4.39 Å². The second-order valence-corrected chi connectivity index (χ2v) is 7.70. The van der Waals surface area contributed by atoms with Gasteiger partial charge in [0, 0.05) is 22.3 Å². The molecule has 0 bridgehead atoms. The zero-order valence-electron chi connectivity index (χ0n) is 17.4. The topological polar surface area (TPSA) is 0 Å². The van der Waals surface area contributed by atoms with Gasteiger partial charge in [0.25, 0.3) is 0 Å². The van der Waals surface area contributed by atoms with E-state index in [1.807, 2.05) is 68.4 Å². The van der Waals surface area contributed by atoms with Crippen molar-refractivity contribution in [3.63, 3.8) is 0 Å². The molecule has 0 unspecified atom stereocenters. The van der Waals surface area contributed by atoms with Gasteiger partial charge in [-0.3, -0.25) is 0 Å². The number of aryl methyl sites for hydroxylation is 2. The first-order chi connectivity index (χ1) is 14.6. The van der Waals surface area contributed by atoms with Crippen molar-refractivity contribution in [3.8, 4) is 23.7 Å². The van der Waals surface area contributed by atoms with E-state index < -0.39 is 0 Å². The first kappa shape index (κ1) is 19.8. The fourth-order valence-electron chi connectivity index (χ4n) is 3.54. The predicted octanol–water partition coefficient (Wildman–Crippen LogP) is 6.81. The van der Waals surface area contributed by atoms with Crippen LogP contribution < -0.4 is 0 Å². The lowest BCUT2D eigenvalue weighted by Crippen LogP contribution is -1.97. The molecule has 0 heterocycles. The smallest absolute Gasteiger partial charge is 0.147 e. The molecule has 0 saturated heterocycles. The van der Waals surface area contributed by atoms with E-state index >= 15 is 4.39 Å². The Morgan fingerprint density at radius 1 is 0.667 bits per heavy atom. The molecule has 0 spiro atoms. The third kappa shape index (κ3) is 4.53. The van der Waals surface area contributed by atoms with Crippen LogP contribution in [-0.2, 0) is 0 Å². The third-order valence-corrected chi connectivity index (χ3v) is 5.29. The molecular weight excluding hydrogens is 367 g/mol. The van der Waals surface area contributed by atoms with Crippen LogP contribution in [0.1, 0.15) is 58.2 Å². The minimum Gasteiger partial charge on any atom is -0.205 e. The minimum atomic E-state index is -0.265. The van der Waals surface area contributed by atoms with Gasteiger partial charge in [-0.25, -0.2) is 4.39 Å². The molecule has 0 saturated carbocycles. The van der Waals surface area contributed by atoms with E-state index in [1.165, 1.54) is 11.1 Å². The number of hydrogen-bond acceptors (Lipinski definition) is 0. The van der Waals surface area contributed by atoms with Crippen LogP contribution in [-0.4, -0.2) is 0 Å². The van der Waals surface area contributed by atoms with Crippen molar-refractivity contribution in [1.29, 1.82) is 0 Å². The average Bonchev–Trinajstić information content (AvgIpc) is 3.28. The van der Waals surface area contributed by atoms with E-state index in [9.17, 15) is 0 Å². The van der Waals surface area contributed by atoms with Gasteiger partial charge in [-0.2, -0.15) is 0 Å². The Labute approximate surface area is 178 Å². The van der Waals surface area contributed by atoms with E-state index in [2.05, 4.69) is 29.8 Å². The van der Waals surface area contributed by atoms with Crippen molar-refractivity contribution in [2.45, 2.75) is 33.1 Å². The van der Waals surface area contributed by atoms with Gasteiger partial charge < -0.3 is 0 Å². The Balaban J connectivity index is 1.74. The summed E-state index contributed by atoms with van der Waals surface area (Å²) in [5.41, 5.74) is 6.97. The number of allylic oxidation sites excluding steroid dienone is 2. The molecule has 0 aromatic heterocycles. The first-order valence-corrected chi connectivity index (χ1v) is 10.3. The SMILES string of the molecule is Cc1ccc(C#Cc2ccc(C#Cc3ccc(C)cc3)c(C3=CCCC3)c2F)cc1. The Morgan fingerprint density at radius 2 is 1.20 bits per heavy atom. The van der Waals surface area contributed by atoms with E-state index in [0.29, 0.717) is 11.1 Å². The lowest BCUT2D eigenvalue weighted by atomic mass is 9.95. The van der Waals surface area contributed by atoms with Crippen LogP contribution in [0.5, 0.6) is 0 Å². The molecule has 0 radical (unpaired) electrons. The van der Waals surface area contributed by atoms with Gasteiger partial charge in [-0.05, 0) is 75.1 Å². The molecule has 1 heteroatoms. The lowest BCUT2D eigenvalue weighted by molar-refractivity contribution is 0.619. The highest BCUT2D eigenvalue weighted by Crippen LogP contribution is 2.33. The molecule has 0 nitrogen and oxygen atoms in total. The second kappa shape index (κ2) is 8.86. The lowest BCUT2D eigenvalue weighted by Gasteiger charge is -2.09. The summed E-state index contributed by atoms with van der Waals surface area (Å²) >= 11 is 0. The number of hydrogen-bond donors (Lipinski definition) is 0. The highest BCUT2D eigenvalue weighted by molar-refractivity contribution is 5.74. The van der Waals surface area contributed by atoms with Crippen LogP contribution in [0.25, 0.3) is 5.57 Å². The van der Waals surface area contributed by atoms with Crippen molar-refractivity contribution >= 4 is 5.57 Å². The van der Waals surface area contributed by atoms with Gasteiger partial charge in [0.2, 0.25) is 0 Å². The number of rotatable bonds is 1. The highest BCUT2D eigenvalue weighted by atomic mass is 19.1. The molecule has 30 heavy (non-hydrogen) atoms. The van der Waals surface area contributed by atoms with E-state index in [4.69, 9.17) is 0 Å².